The molecule has 2 aliphatic rings. The molecule has 5 aromatic carbocycles. The minimum Gasteiger partial charge on any atom is -0.311 e. The predicted octanol–water partition coefficient (Wildman–Crippen LogP) is 5.28. The zero-order valence-electron chi connectivity index (χ0n) is 20.6. The maximum atomic E-state index is 4.43. The molecule has 0 bridgehead atoms. The van der Waals surface area contributed by atoms with Crippen LogP contribution in [0.4, 0.5) is 17.1 Å². The van der Waals surface area contributed by atoms with Crippen LogP contribution < -0.4 is 25.6 Å². The van der Waals surface area contributed by atoms with Gasteiger partial charge in [0.25, 0.3) is 0 Å². The van der Waals surface area contributed by atoms with Crippen molar-refractivity contribution in [3.05, 3.63) is 140 Å². The van der Waals surface area contributed by atoms with Crippen LogP contribution >= 0.6 is 0 Å². The number of aromatic nitrogens is 2. The van der Waals surface area contributed by atoms with E-state index in [4.69, 9.17) is 0 Å². The van der Waals surface area contributed by atoms with E-state index < -0.39 is 8.07 Å². The quantitative estimate of drug-likeness (QED) is 0.302. The fourth-order valence-electron chi connectivity index (χ4n) is 6.55. The van der Waals surface area contributed by atoms with Gasteiger partial charge < -0.3 is 4.90 Å². The van der Waals surface area contributed by atoms with Crippen molar-refractivity contribution in [3.8, 4) is 22.5 Å². The monoisotopic (exact) mass is 501 g/mol. The number of nitrogens with zero attached hydrogens (tertiary/aromatic N) is 3. The van der Waals surface area contributed by atoms with E-state index >= 15 is 0 Å². The molecule has 0 saturated carbocycles. The molecule has 0 aliphatic carbocycles. The molecule has 6 aromatic rings. The van der Waals surface area contributed by atoms with Gasteiger partial charge in [-0.15, -0.1) is 0 Å². The first-order valence-electron chi connectivity index (χ1n) is 12.9. The molecule has 178 valence electrons. The summed E-state index contributed by atoms with van der Waals surface area (Å²) in [4.78, 5) is 11.3. The van der Waals surface area contributed by atoms with Gasteiger partial charge >= 0.3 is 0 Å². The third-order valence-electron chi connectivity index (χ3n) is 8.00. The fraction of sp³-hybridized carbons (Fsp3) is 0. The zero-order valence-corrected chi connectivity index (χ0v) is 21.6. The summed E-state index contributed by atoms with van der Waals surface area (Å²) >= 11 is 0. The molecular weight excluding hydrogens is 478 g/mol. The van der Waals surface area contributed by atoms with E-state index in [0.717, 1.165) is 17.1 Å². The number of benzene rings is 5. The smallest absolute Gasteiger partial charge is 0.185 e. The molecular formula is C34H23N3Si. The Morgan fingerprint density at radius 1 is 0.447 bits per heavy atom. The standard InChI is InChI=1S/C34H23N3Si/c1-5-14-30-26(10-1)27-11-2-6-15-31(27)38(30)32-16-7-3-12-28(32)37(29-13-4-8-17-33(29)38)25-20-18-24(19-21-25)34-35-22-9-23-36-34/h1-23H. The number of hydrogen-bond donors (Lipinski definition) is 0. The molecule has 0 radical (unpaired) electrons. The van der Waals surface area contributed by atoms with Gasteiger partial charge in [0.2, 0.25) is 0 Å². The summed E-state index contributed by atoms with van der Waals surface area (Å²) in [7, 11) is -2.50. The molecule has 38 heavy (non-hydrogen) atoms. The molecule has 8 rings (SSSR count). The molecule has 0 amide bonds. The van der Waals surface area contributed by atoms with Gasteiger partial charge in [0.1, 0.15) is 0 Å². The topological polar surface area (TPSA) is 29.0 Å². The van der Waals surface area contributed by atoms with Gasteiger partial charge in [-0.25, -0.2) is 9.97 Å². The number of rotatable bonds is 2. The van der Waals surface area contributed by atoms with Gasteiger partial charge in [-0.05, 0) is 74.3 Å². The molecule has 0 unspecified atom stereocenters. The third-order valence-corrected chi connectivity index (χ3v) is 12.9. The highest BCUT2D eigenvalue weighted by Gasteiger charge is 2.53. The summed E-state index contributed by atoms with van der Waals surface area (Å²) in [6, 6.07) is 46.7. The largest absolute Gasteiger partial charge is 0.311 e. The molecule has 0 saturated heterocycles. The number of fused-ring (bicyclic) bond motifs is 9. The maximum absolute atomic E-state index is 4.43. The Morgan fingerprint density at radius 3 is 1.47 bits per heavy atom. The van der Waals surface area contributed by atoms with Crippen LogP contribution in [0.15, 0.2) is 140 Å². The van der Waals surface area contributed by atoms with Crippen LogP contribution in [0.3, 0.4) is 0 Å². The van der Waals surface area contributed by atoms with Crippen molar-refractivity contribution in [1.82, 2.24) is 9.97 Å². The van der Waals surface area contributed by atoms with E-state index in [1.54, 1.807) is 12.4 Å². The zero-order chi connectivity index (χ0) is 25.1. The molecule has 3 nitrogen and oxygen atoms in total. The van der Waals surface area contributed by atoms with Crippen molar-refractivity contribution in [2.45, 2.75) is 0 Å². The molecule has 1 aromatic heterocycles. The summed E-state index contributed by atoms with van der Waals surface area (Å²) in [5.41, 5.74) is 7.41. The Labute approximate surface area is 222 Å². The summed E-state index contributed by atoms with van der Waals surface area (Å²) < 4.78 is 0. The molecule has 1 spiro atoms. The van der Waals surface area contributed by atoms with Crippen LogP contribution in [-0.4, -0.2) is 18.0 Å². The lowest BCUT2D eigenvalue weighted by Crippen LogP contribution is -2.75. The summed E-state index contributed by atoms with van der Waals surface area (Å²) in [5.74, 6) is 0.740. The molecule has 3 heterocycles. The summed E-state index contributed by atoms with van der Waals surface area (Å²) in [6.45, 7) is 0. The second kappa shape index (κ2) is 8.10. The van der Waals surface area contributed by atoms with Crippen LogP contribution in [0.25, 0.3) is 22.5 Å². The van der Waals surface area contributed by atoms with Crippen molar-refractivity contribution >= 4 is 45.9 Å². The van der Waals surface area contributed by atoms with Gasteiger partial charge in [0, 0.05) is 35.0 Å². The third kappa shape index (κ3) is 2.78. The lowest BCUT2D eigenvalue weighted by Gasteiger charge is -2.43. The SMILES string of the molecule is c1cnc(-c2ccc(N3c4ccccc4[Si]4(c5ccccc5-c5ccccc54)c4ccccc43)cc2)nc1. The average molecular weight is 502 g/mol. The van der Waals surface area contributed by atoms with Crippen LogP contribution in [0.1, 0.15) is 0 Å². The van der Waals surface area contributed by atoms with E-state index in [2.05, 4.69) is 136 Å². The first-order valence-corrected chi connectivity index (χ1v) is 14.9. The van der Waals surface area contributed by atoms with Gasteiger partial charge in [-0.1, -0.05) is 84.9 Å². The average Bonchev–Trinajstić information content (AvgIpc) is 3.29. The van der Waals surface area contributed by atoms with Crippen molar-refractivity contribution in [2.75, 3.05) is 4.90 Å². The van der Waals surface area contributed by atoms with E-state index in [0.29, 0.717) is 0 Å². The highest BCUT2D eigenvalue weighted by molar-refractivity contribution is 7.23. The summed E-state index contributed by atoms with van der Waals surface area (Å²) in [5, 5.41) is 5.84. The van der Waals surface area contributed by atoms with Gasteiger partial charge in [-0.2, -0.15) is 0 Å². The Morgan fingerprint density at radius 2 is 0.921 bits per heavy atom. The first kappa shape index (κ1) is 21.3. The first-order chi connectivity index (χ1) is 18.9. The van der Waals surface area contributed by atoms with E-state index in [1.807, 2.05) is 6.07 Å². The minimum atomic E-state index is -2.50. The lowest BCUT2D eigenvalue weighted by atomic mass is 10.1. The maximum Gasteiger partial charge on any atom is 0.185 e. The minimum absolute atomic E-state index is 0.740. The van der Waals surface area contributed by atoms with E-state index in [9.17, 15) is 0 Å². The van der Waals surface area contributed by atoms with Gasteiger partial charge in [0.05, 0.1) is 0 Å². The Hall–Kier alpha value is -4.80. The van der Waals surface area contributed by atoms with Gasteiger partial charge in [-0.3, -0.25) is 0 Å². The highest BCUT2D eigenvalue weighted by atomic mass is 28.3. The van der Waals surface area contributed by atoms with E-state index in [-0.39, 0.29) is 0 Å². The fourth-order valence-corrected chi connectivity index (χ4v) is 12.1. The van der Waals surface area contributed by atoms with Crippen molar-refractivity contribution in [2.24, 2.45) is 0 Å². The molecule has 2 aliphatic heterocycles. The molecule has 4 heteroatoms. The molecule has 0 N–H and O–H groups in total. The second-order valence-electron chi connectivity index (χ2n) is 9.83. The van der Waals surface area contributed by atoms with Crippen molar-refractivity contribution < 1.29 is 0 Å². The van der Waals surface area contributed by atoms with Crippen LogP contribution in [0, 0.1) is 0 Å². The Kier molecular flexibility index (Phi) is 4.54. The van der Waals surface area contributed by atoms with Crippen LogP contribution in [0.5, 0.6) is 0 Å². The number of hydrogen-bond acceptors (Lipinski definition) is 3. The van der Waals surface area contributed by atoms with Crippen LogP contribution in [0.2, 0.25) is 0 Å². The van der Waals surface area contributed by atoms with E-state index in [1.165, 1.54) is 43.2 Å². The van der Waals surface area contributed by atoms with Crippen molar-refractivity contribution in [1.29, 1.82) is 0 Å². The van der Waals surface area contributed by atoms with Crippen molar-refractivity contribution in [3.63, 3.8) is 0 Å². The lowest BCUT2D eigenvalue weighted by molar-refractivity contribution is 1.17. The normalized spacial score (nSPS) is 13.9. The Balaban J connectivity index is 1.41. The predicted molar refractivity (Wildman–Crippen MR) is 158 cm³/mol. The Bertz CT molecular complexity index is 1730. The summed E-state index contributed by atoms with van der Waals surface area (Å²) in [6.07, 6.45) is 3.57. The molecule has 0 fully saturated rings. The highest BCUT2D eigenvalue weighted by Crippen LogP contribution is 2.41. The molecule has 0 atom stereocenters. The van der Waals surface area contributed by atoms with Gasteiger partial charge in [0.15, 0.2) is 13.9 Å². The number of para-hydroxylation sites is 2. The van der Waals surface area contributed by atoms with Crippen LogP contribution in [-0.2, 0) is 0 Å². The number of anilines is 3. The second-order valence-corrected chi connectivity index (χ2v) is 13.5.